The number of hydrogen-bond donors (Lipinski definition) is 2. The van der Waals surface area contributed by atoms with Gasteiger partial charge in [0.05, 0.1) is 0 Å². The van der Waals surface area contributed by atoms with Crippen molar-refractivity contribution in [3.8, 4) is 0 Å². The van der Waals surface area contributed by atoms with Crippen LogP contribution in [0.5, 0.6) is 0 Å². The highest BCUT2D eigenvalue weighted by Crippen LogP contribution is 2.19. The second-order valence-electron chi connectivity index (χ2n) is 8.63. The molecule has 6 nitrogen and oxygen atoms in total. The number of rotatable bonds is 20. The smallest absolute Gasteiger partial charge is 0.358 e. The maximum atomic E-state index is 12.3. The number of aliphatic hydroxyl groups is 1. The van der Waals surface area contributed by atoms with Crippen LogP contribution in [0.1, 0.15) is 104 Å². The molecule has 0 radical (unpaired) electrons. The molecule has 0 aromatic heterocycles. The Morgan fingerprint density at radius 3 is 2.22 bits per heavy atom. The minimum atomic E-state index is -0.657. The first-order valence-corrected chi connectivity index (χ1v) is 12.3. The molecule has 0 aromatic rings. The van der Waals surface area contributed by atoms with Crippen molar-refractivity contribution >= 4 is 18.2 Å². The van der Waals surface area contributed by atoms with Crippen molar-refractivity contribution in [1.82, 2.24) is 5.48 Å². The topological polar surface area (TPSA) is 92.7 Å². The second kappa shape index (κ2) is 20.9. The Kier molecular flexibility index (Phi) is 19.7. The third-order valence-electron chi connectivity index (χ3n) is 5.59. The zero-order valence-corrected chi connectivity index (χ0v) is 20.3. The fourth-order valence-corrected chi connectivity index (χ4v) is 3.50. The predicted molar refractivity (Wildman–Crippen MR) is 129 cm³/mol. The first-order chi connectivity index (χ1) is 15.5. The number of carbonyl (C=O) groups is 3. The highest BCUT2D eigenvalue weighted by molar-refractivity contribution is 5.88. The Morgan fingerprint density at radius 1 is 0.938 bits per heavy atom. The van der Waals surface area contributed by atoms with Crippen LogP contribution in [0.2, 0.25) is 0 Å². The van der Waals surface area contributed by atoms with Crippen LogP contribution in [0.25, 0.3) is 0 Å². The lowest BCUT2D eigenvalue weighted by atomic mass is 9.94. The monoisotopic (exact) mass is 451 g/mol. The van der Waals surface area contributed by atoms with E-state index in [4.69, 9.17) is 9.94 Å². The third-order valence-corrected chi connectivity index (χ3v) is 5.59. The van der Waals surface area contributed by atoms with E-state index < -0.39 is 5.97 Å². The van der Waals surface area contributed by atoms with Gasteiger partial charge < -0.3 is 14.7 Å². The number of hydrogen-bond acceptors (Lipinski definition) is 5. The van der Waals surface area contributed by atoms with Gasteiger partial charge in [0.25, 0.3) is 5.91 Å². The van der Waals surface area contributed by atoms with Gasteiger partial charge in [-0.1, -0.05) is 64.2 Å². The van der Waals surface area contributed by atoms with Crippen molar-refractivity contribution in [3.05, 3.63) is 24.3 Å². The van der Waals surface area contributed by atoms with Gasteiger partial charge in [-0.2, -0.15) is 5.48 Å². The predicted octanol–water partition coefficient (Wildman–Crippen LogP) is 5.60. The molecule has 0 saturated carbocycles. The molecule has 0 aliphatic carbocycles. The number of carbonyl (C=O) groups excluding carboxylic acids is 3. The normalized spacial score (nSPS) is 13.0. The summed E-state index contributed by atoms with van der Waals surface area (Å²) in [5, 5.41) is 9.07. The van der Waals surface area contributed by atoms with Crippen molar-refractivity contribution < 1.29 is 24.3 Å². The first kappa shape index (κ1) is 30.0. The minimum absolute atomic E-state index is 0.0242. The lowest BCUT2D eigenvalue weighted by molar-refractivity contribution is -0.156. The molecular formula is C26H45NO5. The maximum absolute atomic E-state index is 12.3. The summed E-state index contributed by atoms with van der Waals surface area (Å²) >= 11 is 0. The standard InChI is InChI=1S/C26H45NO5/c1-4-5-6-7-8-9-12-16-23(21-29)17-13-10-11-14-18-24(19-15-20-28)25(30)27-32-26(31)22(2)3/h8-9,21,23-24,28H,2,4-7,10-20H2,1,3H3,(H,27,30). The van der Waals surface area contributed by atoms with Gasteiger partial charge in [-0.15, -0.1) is 0 Å². The van der Waals surface area contributed by atoms with E-state index in [0.717, 1.165) is 57.7 Å². The molecule has 2 N–H and O–H groups in total. The van der Waals surface area contributed by atoms with E-state index in [-0.39, 0.29) is 29.9 Å². The molecule has 0 rings (SSSR count). The minimum Gasteiger partial charge on any atom is -0.396 e. The van der Waals surface area contributed by atoms with Gasteiger partial charge in [0.2, 0.25) is 0 Å². The molecule has 0 aromatic carbocycles. The van der Waals surface area contributed by atoms with Crippen LogP contribution in [-0.4, -0.2) is 29.9 Å². The van der Waals surface area contributed by atoms with Gasteiger partial charge in [-0.05, 0) is 58.3 Å². The average molecular weight is 452 g/mol. The Bertz CT molecular complexity index is 558. The summed E-state index contributed by atoms with van der Waals surface area (Å²) in [6.07, 6.45) is 18.9. The van der Waals surface area contributed by atoms with Crippen LogP contribution in [0.15, 0.2) is 24.3 Å². The molecule has 0 aliphatic heterocycles. The van der Waals surface area contributed by atoms with Gasteiger partial charge in [0.15, 0.2) is 0 Å². The second-order valence-corrected chi connectivity index (χ2v) is 8.63. The number of amides is 1. The van der Waals surface area contributed by atoms with E-state index in [9.17, 15) is 14.4 Å². The SMILES string of the molecule is C=C(C)C(=O)ONC(=O)C(CCCO)CCCCCCC(C=O)CCC=CCCCCC. The molecule has 6 heteroatoms. The molecule has 2 atom stereocenters. The van der Waals surface area contributed by atoms with E-state index in [2.05, 4.69) is 31.1 Å². The van der Waals surface area contributed by atoms with Crippen LogP contribution >= 0.6 is 0 Å². The molecule has 0 fully saturated rings. The molecule has 0 spiro atoms. The Morgan fingerprint density at radius 2 is 1.59 bits per heavy atom. The lowest BCUT2D eigenvalue weighted by Gasteiger charge is -2.16. The van der Waals surface area contributed by atoms with Crippen LogP contribution < -0.4 is 5.48 Å². The molecule has 2 unspecified atom stereocenters. The van der Waals surface area contributed by atoms with Crippen LogP contribution in [0.3, 0.4) is 0 Å². The summed E-state index contributed by atoms with van der Waals surface area (Å²) in [5.41, 5.74) is 2.43. The van der Waals surface area contributed by atoms with Crippen molar-refractivity contribution in [2.45, 2.75) is 104 Å². The van der Waals surface area contributed by atoms with E-state index in [1.807, 2.05) is 0 Å². The summed E-state index contributed by atoms with van der Waals surface area (Å²) in [6, 6.07) is 0. The molecule has 1 amide bonds. The summed E-state index contributed by atoms with van der Waals surface area (Å²) in [5.74, 6) is -1.17. The van der Waals surface area contributed by atoms with Crippen molar-refractivity contribution in [2.75, 3.05) is 6.61 Å². The average Bonchev–Trinajstić information content (AvgIpc) is 2.79. The van der Waals surface area contributed by atoms with Crippen LogP contribution in [0, 0.1) is 11.8 Å². The Balaban J connectivity index is 4.07. The van der Waals surface area contributed by atoms with E-state index in [1.54, 1.807) is 0 Å². The summed E-state index contributed by atoms with van der Waals surface area (Å²) in [4.78, 5) is 39.8. The number of unbranched alkanes of at least 4 members (excludes halogenated alkanes) is 6. The van der Waals surface area contributed by atoms with E-state index in [0.29, 0.717) is 19.3 Å². The fourth-order valence-electron chi connectivity index (χ4n) is 3.50. The fraction of sp³-hybridized carbons (Fsp3) is 0.731. The van der Waals surface area contributed by atoms with E-state index in [1.165, 1.54) is 26.2 Å². The van der Waals surface area contributed by atoms with E-state index >= 15 is 0 Å². The molecule has 0 aliphatic rings. The maximum Gasteiger partial charge on any atom is 0.358 e. The molecule has 0 bridgehead atoms. The largest absolute Gasteiger partial charge is 0.396 e. The number of aldehydes is 1. The van der Waals surface area contributed by atoms with Crippen LogP contribution in [0.4, 0.5) is 0 Å². The molecular weight excluding hydrogens is 406 g/mol. The summed E-state index contributed by atoms with van der Waals surface area (Å²) in [7, 11) is 0. The molecule has 0 saturated heterocycles. The zero-order valence-electron chi connectivity index (χ0n) is 20.3. The van der Waals surface area contributed by atoms with Crippen molar-refractivity contribution in [1.29, 1.82) is 0 Å². The number of nitrogens with one attached hydrogen (secondary N) is 1. The van der Waals surface area contributed by atoms with Gasteiger partial charge in [0, 0.05) is 24.0 Å². The molecule has 184 valence electrons. The van der Waals surface area contributed by atoms with Gasteiger partial charge >= 0.3 is 5.97 Å². The summed E-state index contributed by atoms with van der Waals surface area (Å²) < 4.78 is 0. The molecule has 32 heavy (non-hydrogen) atoms. The van der Waals surface area contributed by atoms with Crippen LogP contribution in [-0.2, 0) is 19.2 Å². The van der Waals surface area contributed by atoms with Crippen molar-refractivity contribution in [3.63, 3.8) is 0 Å². The number of aliphatic hydroxyl groups excluding tert-OH is 1. The Labute approximate surface area is 194 Å². The molecule has 0 heterocycles. The summed E-state index contributed by atoms with van der Waals surface area (Å²) in [6.45, 7) is 7.21. The zero-order chi connectivity index (χ0) is 24.0. The van der Waals surface area contributed by atoms with Gasteiger partial charge in [0.1, 0.15) is 6.29 Å². The number of allylic oxidation sites excluding steroid dienone is 2. The highest BCUT2D eigenvalue weighted by Gasteiger charge is 2.19. The van der Waals surface area contributed by atoms with Crippen molar-refractivity contribution in [2.24, 2.45) is 11.8 Å². The van der Waals surface area contributed by atoms with Gasteiger partial charge in [-0.3, -0.25) is 4.79 Å². The highest BCUT2D eigenvalue weighted by atomic mass is 16.7. The lowest BCUT2D eigenvalue weighted by Crippen LogP contribution is -2.33. The Hall–Kier alpha value is -1.95. The first-order valence-electron chi connectivity index (χ1n) is 12.3. The third kappa shape index (κ3) is 16.7. The van der Waals surface area contributed by atoms with Gasteiger partial charge in [-0.25, -0.2) is 4.79 Å². The number of hydroxylamine groups is 1. The quantitative estimate of drug-likeness (QED) is 0.0826.